The highest BCUT2D eigenvalue weighted by Crippen LogP contribution is 2.30. The van der Waals surface area contributed by atoms with Gasteiger partial charge in [0.25, 0.3) is 5.91 Å². The summed E-state index contributed by atoms with van der Waals surface area (Å²) < 4.78 is 5.68. The van der Waals surface area contributed by atoms with Crippen LogP contribution in [0.4, 0.5) is 0 Å². The molecule has 23 heavy (non-hydrogen) atoms. The Morgan fingerprint density at radius 3 is 2.61 bits per heavy atom. The van der Waals surface area contributed by atoms with Crippen LogP contribution in [0, 0.1) is 0 Å². The molecule has 120 valence electrons. The third-order valence-corrected chi connectivity index (χ3v) is 5.03. The minimum atomic E-state index is -0.177. The zero-order valence-electron chi connectivity index (χ0n) is 12.3. The number of fused-ring (bicyclic) bond motifs is 2. The van der Waals surface area contributed by atoms with Crippen molar-refractivity contribution in [3.63, 3.8) is 0 Å². The van der Waals surface area contributed by atoms with Crippen molar-refractivity contribution in [1.29, 1.82) is 0 Å². The van der Waals surface area contributed by atoms with Crippen molar-refractivity contribution in [3.05, 3.63) is 46.1 Å². The van der Waals surface area contributed by atoms with Gasteiger partial charge in [-0.3, -0.25) is 4.79 Å². The third-order valence-electron chi connectivity index (χ3n) is 4.59. The fourth-order valence-electron chi connectivity index (χ4n) is 3.53. The number of amides is 1. The molecule has 1 aromatic carbocycles. The van der Waals surface area contributed by atoms with Gasteiger partial charge in [0.05, 0.1) is 0 Å². The maximum absolute atomic E-state index is 12.4. The van der Waals surface area contributed by atoms with E-state index >= 15 is 0 Å². The van der Waals surface area contributed by atoms with E-state index in [0.717, 1.165) is 18.4 Å². The van der Waals surface area contributed by atoms with E-state index in [1.807, 2.05) is 0 Å². The van der Waals surface area contributed by atoms with E-state index in [0.29, 0.717) is 33.6 Å². The fourth-order valence-corrected chi connectivity index (χ4v) is 4.06. The van der Waals surface area contributed by atoms with Crippen LogP contribution in [0.2, 0.25) is 10.0 Å². The lowest BCUT2D eigenvalue weighted by molar-refractivity contribution is 0.0903. The molecule has 3 unspecified atom stereocenters. The Balaban J connectivity index is 1.50. The normalized spacial score (nSPS) is 25.7. The van der Waals surface area contributed by atoms with Gasteiger partial charge < -0.3 is 15.1 Å². The van der Waals surface area contributed by atoms with Crippen LogP contribution in [0.1, 0.15) is 29.8 Å². The van der Waals surface area contributed by atoms with E-state index in [1.165, 1.54) is 6.42 Å². The Labute approximate surface area is 144 Å². The molecule has 0 saturated carbocycles. The molecule has 4 nitrogen and oxygen atoms in total. The second-order valence-corrected chi connectivity index (χ2v) is 7.06. The number of benzene rings is 1. The molecule has 2 fully saturated rings. The Hall–Kier alpha value is -1.49. The maximum atomic E-state index is 12.4. The Morgan fingerprint density at radius 2 is 1.96 bits per heavy atom. The number of carbonyl (C=O) groups excluding carboxylic acids is 1. The van der Waals surface area contributed by atoms with Crippen LogP contribution < -0.4 is 10.6 Å². The largest absolute Gasteiger partial charge is 0.451 e. The summed E-state index contributed by atoms with van der Waals surface area (Å²) in [6, 6.07) is 9.75. The average molecular weight is 351 g/mol. The summed E-state index contributed by atoms with van der Waals surface area (Å²) in [5.74, 6) is 0.702. The van der Waals surface area contributed by atoms with Gasteiger partial charge >= 0.3 is 0 Å². The standard InChI is InChI=1S/C17H16Cl2N2O2/c18-10-5-9(6-11(19)7-10)15-3-4-16(23-15)17(22)21-14-8-12-1-2-13(14)20-12/h3-7,12-14,20H,1-2,8H2,(H,21,22). The van der Waals surface area contributed by atoms with E-state index in [4.69, 9.17) is 27.6 Å². The summed E-state index contributed by atoms with van der Waals surface area (Å²) in [7, 11) is 0. The van der Waals surface area contributed by atoms with Gasteiger partial charge in [0.15, 0.2) is 5.76 Å². The lowest BCUT2D eigenvalue weighted by Gasteiger charge is -2.20. The van der Waals surface area contributed by atoms with Crippen LogP contribution in [0.15, 0.2) is 34.7 Å². The van der Waals surface area contributed by atoms with Crippen molar-refractivity contribution >= 4 is 29.1 Å². The lowest BCUT2D eigenvalue weighted by atomic mass is 9.95. The molecule has 4 rings (SSSR count). The molecule has 0 aliphatic carbocycles. The highest BCUT2D eigenvalue weighted by molar-refractivity contribution is 6.35. The van der Waals surface area contributed by atoms with Crippen molar-refractivity contribution in [3.8, 4) is 11.3 Å². The SMILES string of the molecule is O=C(NC1CC2CCC1N2)c1ccc(-c2cc(Cl)cc(Cl)c2)o1. The monoisotopic (exact) mass is 350 g/mol. The molecule has 2 aliphatic rings. The first kappa shape index (κ1) is 15.1. The van der Waals surface area contributed by atoms with Gasteiger partial charge in [-0.25, -0.2) is 0 Å². The number of furan rings is 1. The van der Waals surface area contributed by atoms with E-state index < -0.39 is 0 Å². The molecule has 2 N–H and O–H groups in total. The molecular weight excluding hydrogens is 335 g/mol. The molecule has 0 spiro atoms. The minimum Gasteiger partial charge on any atom is -0.451 e. The Bertz CT molecular complexity index is 739. The minimum absolute atomic E-state index is 0.177. The molecule has 3 atom stereocenters. The average Bonchev–Trinajstić information content (AvgIpc) is 3.22. The maximum Gasteiger partial charge on any atom is 0.287 e. The predicted molar refractivity (Wildman–Crippen MR) is 90.0 cm³/mol. The van der Waals surface area contributed by atoms with Gasteiger partial charge in [-0.1, -0.05) is 23.2 Å². The number of nitrogens with one attached hydrogen (secondary N) is 2. The van der Waals surface area contributed by atoms with Gasteiger partial charge in [-0.2, -0.15) is 0 Å². The van der Waals surface area contributed by atoms with E-state index in [1.54, 1.807) is 30.3 Å². The molecule has 1 amide bonds. The number of rotatable bonds is 3. The molecule has 2 aliphatic heterocycles. The molecule has 2 saturated heterocycles. The van der Waals surface area contributed by atoms with Crippen molar-refractivity contribution < 1.29 is 9.21 Å². The summed E-state index contributed by atoms with van der Waals surface area (Å²) >= 11 is 12.0. The Kier molecular flexibility index (Phi) is 3.84. The second-order valence-electron chi connectivity index (χ2n) is 6.19. The molecule has 2 aromatic rings. The summed E-state index contributed by atoms with van der Waals surface area (Å²) in [4.78, 5) is 12.4. The highest BCUT2D eigenvalue weighted by atomic mass is 35.5. The van der Waals surface area contributed by atoms with Crippen molar-refractivity contribution in [2.75, 3.05) is 0 Å². The molecule has 0 radical (unpaired) electrons. The predicted octanol–water partition coefficient (Wildman–Crippen LogP) is 3.88. The van der Waals surface area contributed by atoms with Crippen LogP contribution in [0.25, 0.3) is 11.3 Å². The molecule has 2 bridgehead atoms. The quantitative estimate of drug-likeness (QED) is 0.883. The van der Waals surface area contributed by atoms with Crippen LogP contribution in [0.3, 0.4) is 0 Å². The van der Waals surface area contributed by atoms with E-state index in [2.05, 4.69) is 10.6 Å². The number of hydrogen-bond acceptors (Lipinski definition) is 3. The topological polar surface area (TPSA) is 54.3 Å². The van der Waals surface area contributed by atoms with E-state index in [9.17, 15) is 4.79 Å². The second kappa shape index (κ2) is 5.86. The van der Waals surface area contributed by atoms with Crippen LogP contribution >= 0.6 is 23.2 Å². The third kappa shape index (κ3) is 2.99. The summed E-state index contributed by atoms with van der Waals surface area (Å²) in [5, 5.41) is 7.63. The molecule has 6 heteroatoms. The van der Waals surface area contributed by atoms with Crippen LogP contribution in [-0.2, 0) is 0 Å². The van der Waals surface area contributed by atoms with Crippen molar-refractivity contribution in [1.82, 2.24) is 10.6 Å². The highest BCUT2D eigenvalue weighted by Gasteiger charge is 2.39. The number of halogens is 2. The van der Waals surface area contributed by atoms with Crippen molar-refractivity contribution in [2.24, 2.45) is 0 Å². The smallest absolute Gasteiger partial charge is 0.287 e. The van der Waals surface area contributed by atoms with Gasteiger partial charge in [-0.15, -0.1) is 0 Å². The van der Waals surface area contributed by atoms with Gasteiger partial charge in [0.1, 0.15) is 5.76 Å². The number of hydrogen-bond donors (Lipinski definition) is 2. The summed E-state index contributed by atoms with van der Waals surface area (Å²) in [5.41, 5.74) is 0.753. The molecule has 1 aromatic heterocycles. The zero-order valence-corrected chi connectivity index (χ0v) is 13.8. The van der Waals surface area contributed by atoms with Gasteiger partial charge in [0.2, 0.25) is 0 Å². The number of carbonyl (C=O) groups is 1. The first-order valence-electron chi connectivity index (χ1n) is 7.72. The summed E-state index contributed by atoms with van der Waals surface area (Å²) in [6.45, 7) is 0. The van der Waals surface area contributed by atoms with Gasteiger partial charge in [-0.05, 0) is 49.6 Å². The van der Waals surface area contributed by atoms with E-state index in [-0.39, 0.29) is 11.9 Å². The Morgan fingerprint density at radius 1 is 1.17 bits per heavy atom. The summed E-state index contributed by atoms with van der Waals surface area (Å²) in [6.07, 6.45) is 3.32. The van der Waals surface area contributed by atoms with Crippen molar-refractivity contribution in [2.45, 2.75) is 37.4 Å². The van der Waals surface area contributed by atoms with Gasteiger partial charge in [0, 0.05) is 33.7 Å². The molecule has 3 heterocycles. The van der Waals surface area contributed by atoms with Crippen LogP contribution in [0.5, 0.6) is 0 Å². The fraction of sp³-hybridized carbons (Fsp3) is 0.353. The zero-order chi connectivity index (χ0) is 16.0. The lowest BCUT2D eigenvalue weighted by Crippen LogP contribution is -2.42. The first-order valence-corrected chi connectivity index (χ1v) is 8.47. The molecular formula is C17H16Cl2N2O2. The first-order chi connectivity index (χ1) is 11.1. The van der Waals surface area contributed by atoms with Crippen LogP contribution in [-0.4, -0.2) is 24.0 Å².